The largest absolute Gasteiger partial charge is 0.351 e. The lowest BCUT2D eigenvalue weighted by Gasteiger charge is -2.17. The predicted octanol–water partition coefficient (Wildman–Crippen LogP) is 2.19. The topological polar surface area (TPSA) is 78.1 Å². The highest BCUT2D eigenvalue weighted by Gasteiger charge is 2.31. The molecule has 6 nitrogen and oxygen atoms in total. The number of carbonyl (C=O) groups excluding carboxylic acids is 2. The van der Waals surface area contributed by atoms with Gasteiger partial charge in [0.1, 0.15) is 0 Å². The molecule has 2 N–H and O–H groups in total. The molecular formula is C19H24N4O2. The molecule has 25 heavy (non-hydrogen) atoms. The van der Waals surface area contributed by atoms with Crippen molar-refractivity contribution in [3.63, 3.8) is 0 Å². The van der Waals surface area contributed by atoms with Gasteiger partial charge in [0.2, 0.25) is 11.8 Å². The van der Waals surface area contributed by atoms with Gasteiger partial charge in [0.15, 0.2) is 0 Å². The Morgan fingerprint density at radius 1 is 1.28 bits per heavy atom. The molecule has 1 aromatic heterocycles. The number of aromatic amines is 1. The first kappa shape index (κ1) is 17.2. The monoisotopic (exact) mass is 340 g/mol. The second-order valence-electron chi connectivity index (χ2n) is 6.73. The molecular weight excluding hydrogens is 316 g/mol. The van der Waals surface area contributed by atoms with Crippen molar-refractivity contribution in [3.05, 3.63) is 46.8 Å². The molecule has 1 unspecified atom stereocenters. The van der Waals surface area contributed by atoms with Crippen LogP contribution in [-0.2, 0) is 16.0 Å². The van der Waals surface area contributed by atoms with Gasteiger partial charge in [-0.1, -0.05) is 17.7 Å². The van der Waals surface area contributed by atoms with Crippen LogP contribution in [0.4, 0.5) is 5.69 Å². The Hall–Kier alpha value is -2.63. The average Bonchev–Trinajstić information content (AvgIpc) is 3.09. The van der Waals surface area contributed by atoms with Gasteiger partial charge in [-0.05, 0) is 38.5 Å². The van der Waals surface area contributed by atoms with Crippen molar-refractivity contribution >= 4 is 17.5 Å². The summed E-state index contributed by atoms with van der Waals surface area (Å²) in [5, 5.41) is 10.1. The van der Waals surface area contributed by atoms with E-state index in [0.29, 0.717) is 25.8 Å². The lowest BCUT2D eigenvalue weighted by Crippen LogP contribution is -2.37. The molecule has 1 saturated heterocycles. The third kappa shape index (κ3) is 3.90. The number of nitrogens with zero attached hydrogens (tertiary/aromatic N) is 2. The Balaban J connectivity index is 1.53. The number of aryl methyl sites for hydroxylation is 3. The van der Waals surface area contributed by atoms with Crippen LogP contribution in [0.2, 0.25) is 0 Å². The fourth-order valence-electron chi connectivity index (χ4n) is 3.09. The van der Waals surface area contributed by atoms with Gasteiger partial charge >= 0.3 is 0 Å². The van der Waals surface area contributed by atoms with Crippen LogP contribution in [0.3, 0.4) is 0 Å². The number of benzene rings is 1. The van der Waals surface area contributed by atoms with Crippen LogP contribution in [0.1, 0.15) is 35.4 Å². The van der Waals surface area contributed by atoms with E-state index in [0.717, 1.165) is 28.2 Å². The molecule has 1 aliphatic heterocycles. The van der Waals surface area contributed by atoms with Crippen LogP contribution < -0.4 is 10.2 Å². The quantitative estimate of drug-likeness (QED) is 0.876. The van der Waals surface area contributed by atoms with Crippen LogP contribution in [-0.4, -0.2) is 34.6 Å². The Labute approximate surface area is 147 Å². The summed E-state index contributed by atoms with van der Waals surface area (Å²) in [6, 6.07) is 7.73. The predicted molar refractivity (Wildman–Crippen MR) is 96.5 cm³/mol. The number of hydrogen-bond acceptors (Lipinski definition) is 3. The maximum absolute atomic E-state index is 12.2. The molecule has 0 radical (unpaired) electrons. The third-order valence-electron chi connectivity index (χ3n) is 4.78. The van der Waals surface area contributed by atoms with E-state index in [-0.39, 0.29) is 17.9 Å². The molecule has 1 fully saturated rings. The molecule has 1 atom stereocenters. The molecule has 1 aromatic carbocycles. The van der Waals surface area contributed by atoms with Crippen molar-refractivity contribution in [3.8, 4) is 0 Å². The van der Waals surface area contributed by atoms with Gasteiger partial charge < -0.3 is 10.2 Å². The zero-order valence-corrected chi connectivity index (χ0v) is 14.9. The summed E-state index contributed by atoms with van der Waals surface area (Å²) < 4.78 is 0. The molecule has 132 valence electrons. The number of nitrogens with one attached hydrogen (secondary N) is 2. The van der Waals surface area contributed by atoms with Gasteiger partial charge in [-0.3, -0.25) is 14.7 Å². The minimum Gasteiger partial charge on any atom is -0.351 e. The molecule has 1 aliphatic rings. The highest BCUT2D eigenvalue weighted by atomic mass is 16.2. The smallest absolute Gasteiger partial charge is 0.229 e. The first-order valence-corrected chi connectivity index (χ1v) is 8.61. The molecule has 6 heteroatoms. The Bertz CT molecular complexity index is 779. The average molecular weight is 340 g/mol. The minimum atomic E-state index is -0.136. The number of amides is 2. The highest BCUT2D eigenvalue weighted by Crippen LogP contribution is 2.22. The molecule has 2 aromatic rings. The number of carbonyl (C=O) groups is 2. The van der Waals surface area contributed by atoms with E-state index >= 15 is 0 Å². The van der Waals surface area contributed by atoms with Gasteiger partial charge in [0.05, 0.1) is 11.7 Å². The first-order valence-electron chi connectivity index (χ1n) is 8.61. The summed E-state index contributed by atoms with van der Waals surface area (Å²) in [7, 11) is 0. The fraction of sp³-hybridized carbons (Fsp3) is 0.421. The molecule has 0 saturated carbocycles. The fourth-order valence-corrected chi connectivity index (χ4v) is 3.09. The van der Waals surface area contributed by atoms with Crippen LogP contribution >= 0.6 is 0 Å². The van der Waals surface area contributed by atoms with Crippen molar-refractivity contribution in [2.24, 2.45) is 0 Å². The van der Waals surface area contributed by atoms with Crippen LogP contribution in [0.25, 0.3) is 0 Å². The van der Waals surface area contributed by atoms with E-state index in [4.69, 9.17) is 0 Å². The molecule has 0 bridgehead atoms. The van der Waals surface area contributed by atoms with E-state index < -0.39 is 0 Å². The summed E-state index contributed by atoms with van der Waals surface area (Å²) in [4.78, 5) is 26.2. The lowest BCUT2D eigenvalue weighted by molar-refractivity contribution is -0.121. The highest BCUT2D eigenvalue weighted by molar-refractivity contribution is 5.96. The van der Waals surface area contributed by atoms with Gasteiger partial charge in [-0.2, -0.15) is 5.10 Å². The van der Waals surface area contributed by atoms with E-state index in [1.807, 2.05) is 45.0 Å². The van der Waals surface area contributed by atoms with E-state index in [1.54, 1.807) is 4.90 Å². The molecule has 2 heterocycles. The van der Waals surface area contributed by atoms with Crippen molar-refractivity contribution in [1.29, 1.82) is 0 Å². The third-order valence-corrected chi connectivity index (χ3v) is 4.78. The van der Waals surface area contributed by atoms with Gasteiger partial charge in [0, 0.05) is 37.2 Å². The number of hydrogen-bond donors (Lipinski definition) is 2. The Kier molecular flexibility index (Phi) is 4.88. The second kappa shape index (κ2) is 7.09. The van der Waals surface area contributed by atoms with Gasteiger partial charge in [0.25, 0.3) is 0 Å². The zero-order valence-electron chi connectivity index (χ0n) is 14.9. The minimum absolute atomic E-state index is 0.0383. The number of anilines is 1. The Morgan fingerprint density at radius 2 is 2.00 bits per heavy atom. The second-order valence-corrected chi connectivity index (χ2v) is 6.73. The van der Waals surface area contributed by atoms with Crippen molar-refractivity contribution in [1.82, 2.24) is 15.5 Å². The van der Waals surface area contributed by atoms with Crippen LogP contribution in [0.5, 0.6) is 0 Å². The summed E-state index contributed by atoms with van der Waals surface area (Å²) in [5.74, 6) is 0.0107. The van der Waals surface area contributed by atoms with E-state index in [9.17, 15) is 9.59 Å². The Morgan fingerprint density at radius 3 is 2.64 bits per heavy atom. The summed E-state index contributed by atoms with van der Waals surface area (Å²) in [6.07, 6.45) is 1.32. The van der Waals surface area contributed by atoms with Crippen LogP contribution in [0.15, 0.2) is 24.3 Å². The zero-order chi connectivity index (χ0) is 18.0. The number of H-pyrrole nitrogens is 1. The number of rotatable bonds is 5. The van der Waals surface area contributed by atoms with E-state index in [1.165, 1.54) is 0 Å². The molecule has 2 amide bonds. The summed E-state index contributed by atoms with van der Waals surface area (Å²) in [5.41, 5.74) is 5.11. The maximum atomic E-state index is 12.2. The molecule has 0 spiro atoms. The van der Waals surface area contributed by atoms with E-state index in [2.05, 4.69) is 15.5 Å². The van der Waals surface area contributed by atoms with Crippen molar-refractivity contribution in [2.75, 3.05) is 11.4 Å². The number of aromatic nitrogens is 2. The van der Waals surface area contributed by atoms with Gasteiger partial charge in [-0.15, -0.1) is 0 Å². The molecule has 0 aliphatic carbocycles. The van der Waals surface area contributed by atoms with Crippen molar-refractivity contribution in [2.45, 2.75) is 46.1 Å². The molecule has 3 rings (SSSR count). The van der Waals surface area contributed by atoms with Crippen molar-refractivity contribution < 1.29 is 9.59 Å². The van der Waals surface area contributed by atoms with Crippen LogP contribution in [0, 0.1) is 20.8 Å². The standard InChI is InChI=1S/C19H24N4O2/c1-12-4-6-16(7-5-12)23-11-15(10-19(23)25)20-18(24)9-8-17-13(2)14(3)21-22-17/h4-7,15H,8-11H2,1-3H3,(H,20,24)(H,21,22). The normalized spacial score (nSPS) is 17.2. The first-order chi connectivity index (χ1) is 11.9. The SMILES string of the molecule is Cc1ccc(N2CC(NC(=O)CCc3n[nH]c(C)c3C)CC2=O)cc1. The lowest BCUT2D eigenvalue weighted by atomic mass is 10.1. The summed E-state index contributed by atoms with van der Waals surface area (Å²) in [6.45, 7) is 6.51. The van der Waals surface area contributed by atoms with Gasteiger partial charge in [-0.25, -0.2) is 0 Å². The maximum Gasteiger partial charge on any atom is 0.229 e. The summed E-state index contributed by atoms with van der Waals surface area (Å²) >= 11 is 0.